The SMILES string of the molecule is Cc1cc(NCC(=O)N2CCC[C@@H](C)C2)ccc1-n1cnnn1. The lowest BCUT2D eigenvalue weighted by Gasteiger charge is -2.31. The molecule has 2 heterocycles. The fourth-order valence-electron chi connectivity index (χ4n) is 3.00. The highest BCUT2D eigenvalue weighted by atomic mass is 16.2. The van der Waals surface area contributed by atoms with Gasteiger partial charge in [0, 0.05) is 18.8 Å². The Hall–Kier alpha value is -2.44. The van der Waals surface area contributed by atoms with Gasteiger partial charge in [0.1, 0.15) is 6.33 Å². The third-order valence-corrected chi connectivity index (χ3v) is 4.25. The van der Waals surface area contributed by atoms with Crippen molar-refractivity contribution in [3.8, 4) is 5.69 Å². The minimum atomic E-state index is 0.166. The topological polar surface area (TPSA) is 75.9 Å². The van der Waals surface area contributed by atoms with Crippen LogP contribution in [-0.4, -0.2) is 50.6 Å². The van der Waals surface area contributed by atoms with Crippen LogP contribution in [0.15, 0.2) is 24.5 Å². The van der Waals surface area contributed by atoms with Crippen molar-refractivity contribution < 1.29 is 4.79 Å². The van der Waals surface area contributed by atoms with E-state index in [0.29, 0.717) is 12.5 Å². The Morgan fingerprint density at radius 2 is 2.30 bits per heavy atom. The molecule has 1 aliphatic heterocycles. The number of likely N-dealkylation sites (tertiary alicyclic amines) is 1. The van der Waals surface area contributed by atoms with E-state index in [2.05, 4.69) is 27.8 Å². The first-order valence-electron chi connectivity index (χ1n) is 7.99. The third-order valence-electron chi connectivity index (χ3n) is 4.25. The van der Waals surface area contributed by atoms with Crippen LogP contribution in [0, 0.1) is 12.8 Å². The van der Waals surface area contributed by atoms with Crippen molar-refractivity contribution in [2.75, 3.05) is 25.0 Å². The van der Waals surface area contributed by atoms with E-state index in [-0.39, 0.29) is 5.91 Å². The van der Waals surface area contributed by atoms with Crippen LogP contribution in [0.5, 0.6) is 0 Å². The first-order chi connectivity index (χ1) is 11.1. The zero-order chi connectivity index (χ0) is 16.2. The smallest absolute Gasteiger partial charge is 0.241 e. The molecule has 1 aliphatic rings. The van der Waals surface area contributed by atoms with Crippen molar-refractivity contribution >= 4 is 11.6 Å². The lowest BCUT2D eigenvalue weighted by molar-refractivity contribution is -0.130. The molecule has 0 radical (unpaired) electrons. The fraction of sp³-hybridized carbons (Fsp3) is 0.500. The number of carbonyl (C=O) groups is 1. The molecule has 7 nitrogen and oxygen atoms in total. The van der Waals surface area contributed by atoms with Gasteiger partial charge in [-0.25, -0.2) is 4.68 Å². The van der Waals surface area contributed by atoms with Gasteiger partial charge < -0.3 is 10.2 Å². The minimum Gasteiger partial charge on any atom is -0.376 e. The number of carbonyl (C=O) groups excluding carboxylic acids is 1. The number of hydrogen-bond donors (Lipinski definition) is 1. The van der Waals surface area contributed by atoms with Crippen LogP contribution in [0.2, 0.25) is 0 Å². The molecule has 1 atom stereocenters. The molecule has 1 aromatic heterocycles. The molecule has 0 bridgehead atoms. The van der Waals surface area contributed by atoms with Gasteiger partial charge in [-0.15, -0.1) is 5.10 Å². The van der Waals surface area contributed by atoms with E-state index in [1.54, 1.807) is 11.0 Å². The van der Waals surface area contributed by atoms with Crippen LogP contribution in [0.1, 0.15) is 25.3 Å². The number of nitrogens with one attached hydrogen (secondary N) is 1. The standard InChI is InChI=1S/C16H22N6O/c1-12-4-3-7-21(10-12)16(23)9-17-14-5-6-15(13(2)8-14)22-11-18-19-20-22/h5-6,8,11-12,17H,3-4,7,9-10H2,1-2H3/t12-/m1/s1. The molecule has 0 spiro atoms. The summed E-state index contributed by atoms with van der Waals surface area (Å²) in [5.41, 5.74) is 2.90. The van der Waals surface area contributed by atoms with Gasteiger partial charge in [0.25, 0.3) is 0 Å². The molecule has 1 saturated heterocycles. The molecule has 0 aliphatic carbocycles. The number of tetrazole rings is 1. The molecule has 1 aromatic carbocycles. The lowest BCUT2D eigenvalue weighted by atomic mass is 10.0. The molecule has 0 unspecified atom stereocenters. The molecule has 3 rings (SSSR count). The predicted octanol–water partition coefficient (Wildman–Crippen LogP) is 1.64. The average molecular weight is 314 g/mol. The van der Waals surface area contributed by atoms with Crippen molar-refractivity contribution in [3.63, 3.8) is 0 Å². The monoisotopic (exact) mass is 314 g/mol. The summed E-state index contributed by atoms with van der Waals surface area (Å²) in [6, 6.07) is 5.89. The predicted molar refractivity (Wildman–Crippen MR) is 87.4 cm³/mol. The number of piperidine rings is 1. The number of hydrogen-bond acceptors (Lipinski definition) is 5. The van der Waals surface area contributed by atoms with Crippen LogP contribution in [0.4, 0.5) is 5.69 Å². The van der Waals surface area contributed by atoms with E-state index in [0.717, 1.165) is 36.4 Å². The van der Waals surface area contributed by atoms with Crippen LogP contribution in [-0.2, 0) is 4.79 Å². The van der Waals surface area contributed by atoms with E-state index >= 15 is 0 Å². The first-order valence-corrected chi connectivity index (χ1v) is 7.99. The van der Waals surface area contributed by atoms with Crippen LogP contribution < -0.4 is 5.32 Å². The van der Waals surface area contributed by atoms with Gasteiger partial charge in [0.15, 0.2) is 0 Å². The second-order valence-corrected chi connectivity index (χ2v) is 6.20. The summed E-state index contributed by atoms with van der Waals surface area (Å²) in [7, 11) is 0. The molecule has 23 heavy (non-hydrogen) atoms. The molecule has 0 saturated carbocycles. The summed E-state index contributed by atoms with van der Waals surface area (Å²) in [5, 5.41) is 14.4. The summed E-state index contributed by atoms with van der Waals surface area (Å²) >= 11 is 0. The maximum absolute atomic E-state index is 12.3. The van der Waals surface area contributed by atoms with Crippen molar-refractivity contribution in [2.45, 2.75) is 26.7 Å². The molecule has 7 heteroatoms. The van der Waals surface area contributed by atoms with Gasteiger partial charge in [-0.1, -0.05) is 6.92 Å². The minimum absolute atomic E-state index is 0.166. The number of aryl methyl sites for hydroxylation is 1. The maximum atomic E-state index is 12.3. The number of anilines is 1. The van der Waals surface area contributed by atoms with Gasteiger partial charge >= 0.3 is 0 Å². The van der Waals surface area contributed by atoms with Gasteiger partial charge in [-0.2, -0.15) is 0 Å². The first kappa shape index (κ1) is 15.5. The number of aromatic nitrogens is 4. The molecule has 1 fully saturated rings. The van der Waals surface area contributed by atoms with Crippen molar-refractivity contribution in [2.24, 2.45) is 5.92 Å². The second-order valence-electron chi connectivity index (χ2n) is 6.20. The largest absolute Gasteiger partial charge is 0.376 e. The summed E-state index contributed by atoms with van der Waals surface area (Å²) in [4.78, 5) is 14.3. The Morgan fingerprint density at radius 3 is 3.00 bits per heavy atom. The number of amides is 1. The summed E-state index contributed by atoms with van der Waals surface area (Å²) in [6.07, 6.45) is 3.89. The zero-order valence-electron chi connectivity index (χ0n) is 13.6. The van der Waals surface area contributed by atoms with Gasteiger partial charge in [-0.3, -0.25) is 4.79 Å². The van der Waals surface area contributed by atoms with Gasteiger partial charge in [0.2, 0.25) is 5.91 Å². The van der Waals surface area contributed by atoms with E-state index in [9.17, 15) is 4.79 Å². The van der Waals surface area contributed by atoms with E-state index in [1.165, 1.54) is 6.42 Å². The van der Waals surface area contributed by atoms with Gasteiger partial charge in [0.05, 0.1) is 12.2 Å². The average Bonchev–Trinajstić information content (AvgIpc) is 3.07. The highest BCUT2D eigenvalue weighted by molar-refractivity contribution is 5.81. The highest BCUT2D eigenvalue weighted by Gasteiger charge is 2.20. The summed E-state index contributed by atoms with van der Waals surface area (Å²) in [5.74, 6) is 0.768. The van der Waals surface area contributed by atoms with Crippen LogP contribution in [0.3, 0.4) is 0 Å². The highest BCUT2D eigenvalue weighted by Crippen LogP contribution is 2.18. The van der Waals surface area contributed by atoms with Gasteiger partial charge in [-0.05, 0) is 59.9 Å². The van der Waals surface area contributed by atoms with E-state index < -0.39 is 0 Å². The number of rotatable bonds is 4. The summed E-state index contributed by atoms with van der Waals surface area (Å²) in [6.45, 7) is 6.28. The molecular formula is C16H22N6O. The van der Waals surface area contributed by atoms with Crippen LogP contribution in [0.25, 0.3) is 5.69 Å². The van der Waals surface area contributed by atoms with Crippen molar-refractivity contribution in [1.82, 2.24) is 25.1 Å². The quantitative estimate of drug-likeness (QED) is 0.928. The van der Waals surface area contributed by atoms with E-state index in [1.807, 2.05) is 30.0 Å². The molecule has 122 valence electrons. The Balaban J connectivity index is 1.60. The lowest BCUT2D eigenvalue weighted by Crippen LogP contribution is -2.41. The second kappa shape index (κ2) is 6.76. The molecular weight excluding hydrogens is 292 g/mol. The number of benzene rings is 1. The normalized spacial score (nSPS) is 18.0. The van der Waals surface area contributed by atoms with E-state index in [4.69, 9.17) is 0 Å². The molecule has 2 aromatic rings. The number of nitrogens with zero attached hydrogens (tertiary/aromatic N) is 5. The van der Waals surface area contributed by atoms with Crippen molar-refractivity contribution in [3.05, 3.63) is 30.1 Å². The van der Waals surface area contributed by atoms with Crippen LogP contribution >= 0.6 is 0 Å². The maximum Gasteiger partial charge on any atom is 0.241 e. The Labute approximate surface area is 135 Å². The Bertz CT molecular complexity index is 669. The Morgan fingerprint density at radius 1 is 1.43 bits per heavy atom. The fourth-order valence-corrected chi connectivity index (χ4v) is 3.00. The Kier molecular flexibility index (Phi) is 4.55. The van der Waals surface area contributed by atoms with Crippen molar-refractivity contribution in [1.29, 1.82) is 0 Å². The molecule has 1 N–H and O–H groups in total. The molecule has 1 amide bonds. The summed E-state index contributed by atoms with van der Waals surface area (Å²) < 4.78 is 1.62. The zero-order valence-corrected chi connectivity index (χ0v) is 13.6. The third kappa shape index (κ3) is 3.67.